The maximum absolute atomic E-state index is 11.8. The summed E-state index contributed by atoms with van der Waals surface area (Å²) in [5.74, 6) is -0.155. The summed E-state index contributed by atoms with van der Waals surface area (Å²) in [6, 6.07) is 4.82. The first-order valence-electron chi connectivity index (χ1n) is 5.85. The molecule has 18 heavy (non-hydrogen) atoms. The van der Waals surface area contributed by atoms with Gasteiger partial charge in [0.25, 0.3) is 5.91 Å². The zero-order chi connectivity index (χ0) is 13.5. The molecule has 0 aliphatic rings. The fourth-order valence-corrected chi connectivity index (χ4v) is 1.63. The highest BCUT2D eigenvalue weighted by Gasteiger charge is 2.07. The first kappa shape index (κ1) is 15.3. The summed E-state index contributed by atoms with van der Waals surface area (Å²) in [5.41, 5.74) is 0.508. The van der Waals surface area contributed by atoms with Gasteiger partial charge in [-0.3, -0.25) is 4.79 Å². The van der Waals surface area contributed by atoms with E-state index in [0.717, 1.165) is 6.42 Å². The molecule has 0 radical (unpaired) electrons. The van der Waals surface area contributed by atoms with E-state index in [-0.39, 0.29) is 12.0 Å². The molecule has 100 valence electrons. The fraction of sp³-hybridized carbons (Fsp3) is 0.462. The number of halogens is 2. The van der Waals surface area contributed by atoms with Crippen LogP contribution in [-0.4, -0.2) is 25.2 Å². The highest BCUT2D eigenvalue weighted by atomic mass is 35.5. The van der Waals surface area contributed by atoms with Crippen molar-refractivity contribution in [1.29, 1.82) is 0 Å². The number of carbonyl (C=O) groups excluding carboxylic acids is 1. The van der Waals surface area contributed by atoms with Crippen LogP contribution in [0.25, 0.3) is 0 Å². The van der Waals surface area contributed by atoms with E-state index in [1.165, 1.54) is 0 Å². The number of carbonyl (C=O) groups is 1. The minimum atomic E-state index is -0.155. The summed E-state index contributed by atoms with van der Waals surface area (Å²) in [7, 11) is 0. The normalized spacial score (nSPS) is 10.7. The Bertz CT molecular complexity index is 408. The van der Waals surface area contributed by atoms with E-state index in [0.29, 0.717) is 28.8 Å². The van der Waals surface area contributed by atoms with Crippen LogP contribution in [0.3, 0.4) is 0 Å². The lowest BCUT2D eigenvalue weighted by Gasteiger charge is -2.08. The first-order chi connectivity index (χ1) is 8.50. The van der Waals surface area contributed by atoms with Crippen molar-refractivity contribution in [3.05, 3.63) is 33.8 Å². The number of amides is 1. The van der Waals surface area contributed by atoms with Crippen LogP contribution in [0, 0.1) is 0 Å². The number of rotatable bonds is 6. The molecule has 0 atom stereocenters. The molecule has 0 spiro atoms. The molecule has 0 aliphatic carbocycles. The largest absolute Gasteiger partial charge is 0.379 e. The van der Waals surface area contributed by atoms with Gasteiger partial charge in [-0.1, -0.05) is 23.2 Å². The van der Waals surface area contributed by atoms with Crippen molar-refractivity contribution in [3.8, 4) is 0 Å². The highest BCUT2D eigenvalue weighted by Crippen LogP contribution is 2.22. The summed E-state index contributed by atoms with van der Waals surface area (Å²) in [6.45, 7) is 5.17. The van der Waals surface area contributed by atoms with Gasteiger partial charge in [-0.2, -0.15) is 0 Å². The second-order valence-electron chi connectivity index (χ2n) is 4.16. The van der Waals surface area contributed by atoms with Gasteiger partial charge < -0.3 is 10.1 Å². The molecule has 1 amide bonds. The molecule has 5 heteroatoms. The minimum Gasteiger partial charge on any atom is -0.379 e. The standard InChI is InChI=1S/C13H17Cl2NO2/c1-9(2)18-7-3-6-16-13(17)10-4-5-11(14)12(15)8-10/h4-5,8-9H,3,6-7H2,1-2H3,(H,16,17). The summed E-state index contributed by atoms with van der Waals surface area (Å²) < 4.78 is 5.37. The van der Waals surface area contributed by atoms with Crippen LogP contribution in [0.5, 0.6) is 0 Å². The molecule has 0 heterocycles. The Kier molecular flexibility index (Phi) is 6.47. The average Bonchev–Trinajstić information content (AvgIpc) is 2.31. The van der Waals surface area contributed by atoms with Gasteiger partial charge in [-0.05, 0) is 38.5 Å². The van der Waals surface area contributed by atoms with Gasteiger partial charge in [0.05, 0.1) is 16.1 Å². The molecule has 0 aliphatic heterocycles. The molecule has 1 aromatic carbocycles. The van der Waals surface area contributed by atoms with E-state index in [4.69, 9.17) is 27.9 Å². The summed E-state index contributed by atoms with van der Waals surface area (Å²) in [6.07, 6.45) is 1.00. The zero-order valence-corrected chi connectivity index (χ0v) is 12.0. The molecular weight excluding hydrogens is 273 g/mol. The second kappa shape index (κ2) is 7.62. The third-order valence-corrected chi connectivity index (χ3v) is 2.98. The fourth-order valence-electron chi connectivity index (χ4n) is 1.33. The molecule has 0 fully saturated rings. The Balaban J connectivity index is 2.34. The molecule has 0 bridgehead atoms. The maximum atomic E-state index is 11.8. The minimum absolute atomic E-state index is 0.155. The number of benzene rings is 1. The molecule has 1 N–H and O–H groups in total. The van der Waals surface area contributed by atoms with Gasteiger partial charge in [0.1, 0.15) is 0 Å². The van der Waals surface area contributed by atoms with E-state index < -0.39 is 0 Å². The van der Waals surface area contributed by atoms with Gasteiger partial charge in [0.15, 0.2) is 0 Å². The zero-order valence-electron chi connectivity index (χ0n) is 10.5. The predicted octanol–water partition coefficient (Wildman–Crippen LogP) is 3.54. The van der Waals surface area contributed by atoms with Crippen LogP contribution in [0.1, 0.15) is 30.6 Å². The van der Waals surface area contributed by atoms with E-state index >= 15 is 0 Å². The molecule has 0 saturated heterocycles. The lowest BCUT2D eigenvalue weighted by atomic mass is 10.2. The number of hydrogen-bond acceptors (Lipinski definition) is 2. The van der Waals surface area contributed by atoms with Crippen molar-refractivity contribution in [2.45, 2.75) is 26.4 Å². The van der Waals surface area contributed by atoms with Crippen LogP contribution in [0.15, 0.2) is 18.2 Å². The lowest BCUT2D eigenvalue weighted by Crippen LogP contribution is -2.25. The molecule has 0 aromatic heterocycles. The average molecular weight is 290 g/mol. The third-order valence-electron chi connectivity index (χ3n) is 2.24. The summed E-state index contributed by atoms with van der Waals surface area (Å²) in [4.78, 5) is 11.8. The van der Waals surface area contributed by atoms with Crippen LogP contribution in [0.2, 0.25) is 10.0 Å². The summed E-state index contributed by atoms with van der Waals surface area (Å²) >= 11 is 11.6. The molecule has 1 aromatic rings. The predicted molar refractivity (Wildman–Crippen MR) is 74.5 cm³/mol. The Hall–Kier alpha value is -0.770. The van der Waals surface area contributed by atoms with Crippen molar-refractivity contribution in [3.63, 3.8) is 0 Å². The van der Waals surface area contributed by atoms with Crippen molar-refractivity contribution < 1.29 is 9.53 Å². The van der Waals surface area contributed by atoms with Crippen molar-refractivity contribution in [1.82, 2.24) is 5.32 Å². The summed E-state index contributed by atoms with van der Waals surface area (Å²) in [5, 5.41) is 3.62. The topological polar surface area (TPSA) is 38.3 Å². The Morgan fingerprint density at radius 1 is 1.33 bits per heavy atom. The van der Waals surface area contributed by atoms with E-state index in [2.05, 4.69) is 5.32 Å². The Labute approximate surface area is 117 Å². The van der Waals surface area contributed by atoms with Gasteiger partial charge in [-0.25, -0.2) is 0 Å². The van der Waals surface area contributed by atoms with Gasteiger partial charge in [-0.15, -0.1) is 0 Å². The number of hydrogen-bond donors (Lipinski definition) is 1. The van der Waals surface area contributed by atoms with E-state index in [9.17, 15) is 4.79 Å². The van der Waals surface area contributed by atoms with Gasteiger partial charge in [0.2, 0.25) is 0 Å². The van der Waals surface area contributed by atoms with Crippen LogP contribution >= 0.6 is 23.2 Å². The van der Waals surface area contributed by atoms with Crippen molar-refractivity contribution >= 4 is 29.1 Å². The quantitative estimate of drug-likeness (QED) is 0.814. The third kappa shape index (κ3) is 5.25. The van der Waals surface area contributed by atoms with Crippen LogP contribution in [-0.2, 0) is 4.74 Å². The van der Waals surface area contributed by atoms with E-state index in [1.807, 2.05) is 13.8 Å². The van der Waals surface area contributed by atoms with Crippen LogP contribution in [0.4, 0.5) is 0 Å². The Morgan fingerprint density at radius 2 is 2.06 bits per heavy atom. The SMILES string of the molecule is CC(C)OCCCNC(=O)c1ccc(Cl)c(Cl)c1. The van der Waals surface area contributed by atoms with Crippen molar-refractivity contribution in [2.75, 3.05) is 13.2 Å². The second-order valence-corrected chi connectivity index (χ2v) is 4.97. The van der Waals surface area contributed by atoms with Crippen LogP contribution < -0.4 is 5.32 Å². The molecule has 0 saturated carbocycles. The maximum Gasteiger partial charge on any atom is 0.251 e. The molecule has 3 nitrogen and oxygen atoms in total. The smallest absolute Gasteiger partial charge is 0.251 e. The molecule has 0 unspecified atom stereocenters. The van der Waals surface area contributed by atoms with E-state index in [1.54, 1.807) is 18.2 Å². The number of nitrogens with one attached hydrogen (secondary N) is 1. The molecular formula is C13H17Cl2NO2. The molecule has 1 rings (SSSR count). The first-order valence-corrected chi connectivity index (χ1v) is 6.61. The monoisotopic (exact) mass is 289 g/mol. The van der Waals surface area contributed by atoms with Gasteiger partial charge >= 0.3 is 0 Å². The van der Waals surface area contributed by atoms with Gasteiger partial charge in [0, 0.05) is 18.7 Å². The number of ether oxygens (including phenoxy) is 1. The lowest BCUT2D eigenvalue weighted by molar-refractivity contribution is 0.0757. The Morgan fingerprint density at radius 3 is 2.67 bits per heavy atom. The highest BCUT2D eigenvalue weighted by molar-refractivity contribution is 6.42. The van der Waals surface area contributed by atoms with Crippen molar-refractivity contribution in [2.24, 2.45) is 0 Å².